The maximum Gasteiger partial charge on any atom is 0.164 e. The summed E-state index contributed by atoms with van der Waals surface area (Å²) in [5, 5.41) is 8.74. The number of hydrogen-bond donors (Lipinski definition) is 1. The highest BCUT2D eigenvalue weighted by Gasteiger charge is 2.07. The number of halogens is 1. The lowest BCUT2D eigenvalue weighted by atomic mass is 10.2. The molecule has 0 aliphatic carbocycles. The Morgan fingerprint density at radius 1 is 1.42 bits per heavy atom. The Morgan fingerprint density at radius 3 is 3.00 bits per heavy atom. The van der Waals surface area contributed by atoms with Crippen LogP contribution in [-0.4, -0.2) is 14.8 Å². The van der Waals surface area contributed by atoms with E-state index in [-0.39, 0.29) is 0 Å². The summed E-state index contributed by atoms with van der Waals surface area (Å²) in [6, 6.07) is 5.99. The van der Waals surface area contributed by atoms with E-state index >= 15 is 0 Å². The monoisotopic (exact) mass is 368 g/mol. The molecule has 3 aromatic rings. The van der Waals surface area contributed by atoms with E-state index in [9.17, 15) is 0 Å². The van der Waals surface area contributed by atoms with Gasteiger partial charge in [-0.2, -0.15) is 5.10 Å². The van der Waals surface area contributed by atoms with Gasteiger partial charge in [-0.25, -0.2) is 4.98 Å². The molecule has 19 heavy (non-hydrogen) atoms. The quantitative estimate of drug-likeness (QED) is 0.722. The first kappa shape index (κ1) is 12.5. The summed E-state index contributed by atoms with van der Waals surface area (Å²) in [4.78, 5) is 4.42. The Morgan fingerprint density at radius 2 is 2.26 bits per heavy atom. The summed E-state index contributed by atoms with van der Waals surface area (Å²) in [7, 11) is 1.90. The van der Waals surface area contributed by atoms with Crippen LogP contribution in [0, 0.1) is 10.7 Å². The van der Waals surface area contributed by atoms with Crippen molar-refractivity contribution < 1.29 is 4.42 Å². The molecular weight excluding hydrogens is 355 g/mol. The van der Waals surface area contributed by atoms with Crippen LogP contribution in [0.4, 0.5) is 5.69 Å². The first-order valence-corrected chi connectivity index (χ1v) is 6.99. The molecule has 3 heterocycles. The van der Waals surface area contributed by atoms with E-state index in [0.717, 1.165) is 31.9 Å². The number of pyridine rings is 1. The van der Waals surface area contributed by atoms with Crippen molar-refractivity contribution in [1.82, 2.24) is 14.8 Å². The summed E-state index contributed by atoms with van der Waals surface area (Å²) in [6.45, 7) is 2.64. The number of aryl methyl sites for hydroxylation is 2. The SMILES string of the molecule is Cc1nn(C)c2ncc(NCc3ccc(I)o3)cc12. The minimum absolute atomic E-state index is 0.648. The Balaban J connectivity index is 1.83. The molecule has 3 aromatic heterocycles. The highest BCUT2D eigenvalue weighted by molar-refractivity contribution is 14.1. The molecule has 0 radical (unpaired) electrons. The van der Waals surface area contributed by atoms with Gasteiger partial charge in [-0.15, -0.1) is 0 Å². The van der Waals surface area contributed by atoms with Crippen molar-refractivity contribution in [2.75, 3.05) is 5.32 Å². The number of aromatic nitrogens is 3. The van der Waals surface area contributed by atoms with Crippen molar-refractivity contribution in [3.63, 3.8) is 0 Å². The minimum atomic E-state index is 0.648. The van der Waals surface area contributed by atoms with Crippen LogP contribution >= 0.6 is 22.6 Å². The van der Waals surface area contributed by atoms with Gasteiger partial charge in [-0.05, 0) is 47.7 Å². The van der Waals surface area contributed by atoms with E-state index in [2.05, 4.69) is 44.1 Å². The third-order valence-corrected chi connectivity index (χ3v) is 3.54. The molecule has 0 amide bonds. The molecule has 6 heteroatoms. The largest absolute Gasteiger partial charge is 0.454 e. The highest BCUT2D eigenvalue weighted by atomic mass is 127. The van der Waals surface area contributed by atoms with Gasteiger partial charge in [0.1, 0.15) is 5.76 Å². The second-order valence-corrected chi connectivity index (χ2v) is 5.43. The zero-order valence-electron chi connectivity index (χ0n) is 10.6. The first-order chi connectivity index (χ1) is 9.13. The van der Waals surface area contributed by atoms with Crippen molar-refractivity contribution in [2.45, 2.75) is 13.5 Å². The van der Waals surface area contributed by atoms with Gasteiger partial charge in [0, 0.05) is 12.4 Å². The van der Waals surface area contributed by atoms with Gasteiger partial charge in [-0.1, -0.05) is 0 Å². The molecule has 0 aliphatic rings. The van der Waals surface area contributed by atoms with Crippen molar-refractivity contribution in [1.29, 1.82) is 0 Å². The second-order valence-electron chi connectivity index (χ2n) is 4.36. The number of anilines is 1. The molecule has 98 valence electrons. The summed E-state index contributed by atoms with van der Waals surface area (Å²) < 4.78 is 8.20. The van der Waals surface area contributed by atoms with E-state index < -0.39 is 0 Å². The molecule has 0 spiro atoms. The third-order valence-electron chi connectivity index (χ3n) is 2.96. The van der Waals surface area contributed by atoms with Gasteiger partial charge in [0.05, 0.1) is 24.1 Å². The molecular formula is C13H13IN4O. The Labute approximate surface area is 124 Å². The predicted molar refractivity (Wildman–Crippen MR) is 82.0 cm³/mol. The van der Waals surface area contributed by atoms with Crippen LogP contribution in [0.5, 0.6) is 0 Å². The fourth-order valence-corrected chi connectivity index (χ4v) is 2.50. The minimum Gasteiger partial charge on any atom is -0.454 e. The molecule has 0 fully saturated rings. The lowest BCUT2D eigenvalue weighted by molar-refractivity contribution is 0.493. The molecule has 3 rings (SSSR count). The van der Waals surface area contributed by atoms with Crippen molar-refractivity contribution in [3.05, 3.63) is 39.6 Å². The van der Waals surface area contributed by atoms with Crippen LogP contribution in [0.15, 0.2) is 28.8 Å². The van der Waals surface area contributed by atoms with E-state index in [1.807, 2.05) is 32.3 Å². The van der Waals surface area contributed by atoms with Crippen LogP contribution in [0.3, 0.4) is 0 Å². The third kappa shape index (κ3) is 2.44. The Kier molecular flexibility index (Phi) is 3.17. The summed E-state index contributed by atoms with van der Waals surface area (Å²) in [5.41, 5.74) is 2.85. The van der Waals surface area contributed by atoms with Crippen molar-refractivity contribution in [2.24, 2.45) is 7.05 Å². The molecule has 0 saturated carbocycles. The highest BCUT2D eigenvalue weighted by Crippen LogP contribution is 2.20. The molecule has 0 bridgehead atoms. The van der Waals surface area contributed by atoms with Gasteiger partial charge in [0.15, 0.2) is 9.41 Å². The van der Waals surface area contributed by atoms with E-state index in [1.54, 1.807) is 4.68 Å². The molecule has 0 unspecified atom stereocenters. The zero-order chi connectivity index (χ0) is 13.4. The lowest BCUT2D eigenvalue weighted by Crippen LogP contribution is -1.99. The second kappa shape index (κ2) is 4.84. The van der Waals surface area contributed by atoms with E-state index in [4.69, 9.17) is 4.42 Å². The number of fused-ring (bicyclic) bond motifs is 1. The molecule has 5 nitrogen and oxygen atoms in total. The normalized spacial score (nSPS) is 11.1. The Hall–Kier alpha value is -1.57. The molecule has 0 saturated heterocycles. The Bertz CT molecular complexity index is 731. The van der Waals surface area contributed by atoms with Gasteiger partial charge >= 0.3 is 0 Å². The fraction of sp³-hybridized carbons (Fsp3) is 0.231. The van der Waals surface area contributed by atoms with E-state index in [1.165, 1.54) is 0 Å². The van der Waals surface area contributed by atoms with Crippen LogP contribution in [0.25, 0.3) is 11.0 Å². The van der Waals surface area contributed by atoms with Gasteiger partial charge in [-0.3, -0.25) is 4.68 Å². The number of rotatable bonds is 3. The van der Waals surface area contributed by atoms with Crippen LogP contribution in [0.1, 0.15) is 11.5 Å². The fourth-order valence-electron chi connectivity index (χ4n) is 2.04. The van der Waals surface area contributed by atoms with Gasteiger partial charge < -0.3 is 9.73 Å². The molecule has 0 aliphatic heterocycles. The number of hydrogen-bond acceptors (Lipinski definition) is 4. The van der Waals surface area contributed by atoms with Crippen LogP contribution in [-0.2, 0) is 13.6 Å². The van der Waals surface area contributed by atoms with Crippen LogP contribution < -0.4 is 5.32 Å². The maximum atomic E-state index is 5.51. The topological polar surface area (TPSA) is 55.9 Å². The van der Waals surface area contributed by atoms with Crippen molar-refractivity contribution in [3.8, 4) is 0 Å². The number of nitrogens with one attached hydrogen (secondary N) is 1. The standard InChI is InChI=1S/C13H13IN4O/c1-8-11-5-9(6-16-13(11)18(2)17-8)15-7-10-3-4-12(14)19-10/h3-6,15H,7H2,1-2H3. The first-order valence-electron chi connectivity index (χ1n) is 5.91. The summed E-state index contributed by atoms with van der Waals surface area (Å²) >= 11 is 2.16. The van der Waals surface area contributed by atoms with Crippen molar-refractivity contribution >= 4 is 39.3 Å². The van der Waals surface area contributed by atoms with E-state index in [0.29, 0.717) is 6.54 Å². The number of furan rings is 1. The predicted octanol–water partition coefficient (Wildman–Crippen LogP) is 3.09. The zero-order valence-corrected chi connectivity index (χ0v) is 12.8. The molecule has 1 N–H and O–H groups in total. The average Bonchev–Trinajstić information content (AvgIpc) is 2.92. The summed E-state index contributed by atoms with van der Waals surface area (Å²) in [5.74, 6) is 0.910. The lowest BCUT2D eigenvalue weighted by Gasteiger charge is -2.04. The maximum absolute atomic E-state index is 5.51. The number of nitrogens with zero attached hydrogens (tertiary/aromatic N) is 3. The summed E-state index contributed by atoms with van der Waals surface area (Å²) in [6.07, 6.45) is 1.82. The van der Waals surface area contributed by atoms with Crippen LogP contribution in [0.2, 0.25) is 0 Å². The van der Waals surface area contributed by atoms with Gasteiger partial charge in [0.25, 0.3) is 0 Å². The molecule has 0 aromatic carbocycles. The van der Waals surface area contributed by atoms with Gasteiger partial charge in [0.2, 0.25) is 0 Å². The smallest absolute Gasteiger partial charge is 0.164 e. The molecule has 0 atom stereocenters. The average molecular weight is 368 g/mol.